The Morgan fingerprint density at radius 1 is 0.885 bits per heavy atom. The molecule has 0 atom stereocenters. The zero-order valence-electron chi connectivity index (χ0n) is 15.5. The Balaban J connectivity index is 1.67. The van der Waals surface area contributed by atoms with E-state index in [-0.39, 0.29) is 18.4 Å². The molecule has 0 radical (unpaired) electrons. The lowest BCUT2D eigenvalue weighted by molar-refractivity contribution is -0.128. The lowest BCUT2D eigenvalue weighted by Crippen LogP contribution is -2.31. The van der Waals surface area contributed by atoms with Crippen molar-refractivity contribution >= 4 is 17.5 Å². The van der Waals surface area contributed by atoms with Gasteiger partial charge in [-0.1, -0.05) is 42.5 Å². The maximum atomic E-state index is 11.9. The molecule has 0 aliphatic carbocycles. The van der Waals surface area contributed by atoms with Crippen LogP contribution in [0.25, 0.3) is 0 Å². The minimum absolute atomic E-state index is 0.0263. The lowest BCUT2D eigenvalue weighted by atomic mass is 10.1. The molecule has 26 heavy (non-hydrogen) atoms. The summed E-state index contributed by atoms with van der Waals surface area (Å²) < 4.78 is 0. The molecule has 138 valence electrons. The summed E-state index contributed by atoms with van der Waals surface area (Å²) in [6.07, 6.45) is 2.05. The predicted octanol–water partition coefficient (Wildman–Crippen LogP) is 2.48. The molecule has 5 nitrogen and oxygen atoms in total. The Kier molecular flexibility index (Phi) is 7.68. The molecule has 0 aromatic heterocycles. The summed E-state index contributed by atoms with van der Waals surface area (Å²) in [5.74, 6) is 0.0981. The predicted molar refractivity (Wildman–Crippen MR) is 105 cm³/mol. The van der Waals surface area contributed by atoms with Crippen LogP contribution in [0.4, 0.5) is 5.69 Å². The van der Waals surface area contributed by atoms with Gasteiger partial charge in [0.05, 0.1) is 6.54 Å². The first-order chi connectivity index (χ1) is 12.5. The van der Waals surface area contributed by atoms with E-state index in [1.54, 1.807) is 19.0 Å². The number of aryl methyl sites for hydroxylation is 1. The first-order valence-electron chi connectivity index (χ1n) is 8.88. The maximum absolute atomic E-state index is 11.9. The number of carbonyl (C=O) groups excluding carboxylic acids is 2. The third kappa shape index (κ3) is 6.97. The summed E-state index contributed by atoms with van der Waals surface area (Å²) >= 11 is 0. The van der Waals surface area contributed by atoms with Gasteiger partial charge in [-0.05, 0) is 36.1 Å². The van der Waals surface area contributed by atoms with Crippen molar-refractivity contribution in [3.63, 3.8) is 0 Å². The number of anilines is 1. The molecule has 0 fully saturated rings. The summed E-state index contributed by atoms with van der Waals surface area (Å²) in [5.41, 5.74) is 3.22. The van der Waals surface area contributed by atoms with Crippen LogP contribution in [0.3, 0.4) is 0 Å². The molecular formula is C21H27N3O2. The van der Waals surface area contributed by atoms with Crippen LogP contribution in [-0.4, -0.2) is 43.9 Å². The fourth-order valence-corrected chi connectivity index (χ4v) is 2.50. The van der Waals surface area contributed by atoms with Gasteiger partial charge in [0.1, 0.15) is 0 Å². The van der Waals surface area contributed by atoms with Crippen molar-refractivity contribution in [2.75, 3.05) is 32.5 Å². The summed E-state index contributed by atoms with van der Waals surface area (Å²) in [6, 6.07) is 17.9. The number of benzene rings is 2. The van der Waals surface area contributed by atoms with Crippen LogP contribution in [0.15, 0.2) is 54.6 Å². The molecule has 2 aromatic carbocycles. The van der Waals surface area contributed by atoms with E-state index in [4.69, 9.17) is 0 Å². The van der Waals surface area contributed by atoms with Gasteiger partial charge in [0.2, 0.25) is 11.8 Å². The molecule has 2 N–H and O–H groups in total. The number of carbonyl (C=O) groups is 2. The average molecular weight is 353 g/mol. The number of nitrogens with one attached hydrogen (secondary N) is 2. The molecular weight excluding hydrogens is 326 g/mol. The van der Waals surface area contributed by atoms with Crippen LogP contribution in [0.2, 0.25) is 0 Å². The number of nitrogens with zero attached hydrogens (tertiary/aromatic N) is 1. The second-order valence-corrected chi connectivity index (χ2v) is 6.42. The minimum Gasteiger partial charge on any atom is -0.376 e. The van der Waals surface area contributed by atoms with Gasteiger partial charge in [0, 0.05) is 32.7 Å². The molecule has 0 bridgehead atoms. The quantitative estimate of drug-likeness (QED) is 0.728. The second kappa shape index (κ2) is 10.2. The van der Waals surface area contributed by atoms with Gasteiger partial charge in [0.15, 0.2) is 0 Å². The SMILES string of the molecule is CN(C)C(=O)CCc1ccc(NCC(=O)NCCc2ccccc2)cc1. The minimum atomic E-state index is -0.0263. The van der Waals surface area contributed by atoms with Crippen LogP contribution >= 0.6 is 0 Å². The van der Waals surface area contributed by atoms with Crippen molar-refractivity contribution < 1.29 is 9.59 Å². The lowest BCUT2D eigenvalue weighted by Gasteiger charge is -2.11. The van der Waals surface area contributed by atoms with Crippen molar-refractivity contribution in [2.45, 2.75) is 19.3 Å². The standard InChI is InChI=1S/C21H27N3O2/c1-24(2)21(26)13-10-18-8-11-19(12-9-18)23-16-20(25)22-15-14-17-6-4-3-5-7-17/h3-9,11-12,23H,10,13-16H2,1-2H3,(H,22,25). The van der Waals surface area contributed by atoms with Gasteiger partial charge in [-0.2, -0.15) is 0 Å². The summed E-state index contributed by atoms with van der Waals surface area (Å²) in [5, 5.41) is 6.03. The van der Waals surface area contributed by atoms with Crippen LogP contribution in [0.5, 0.6) is 0 Å². The highest BCUT2D eigenvalue weighted by Gasteiger charge is 2.05. The fourth-order valence-electron chi connectivity index (χ4n) is 2.50. The smallest absolute Gasteiger partial charge is 0.239 e. The van der Waals surface area contributed by atoms with Crippen molar-refractivity contribution in [3.05, 3.63) is 65.7 Å². The Hall–Kier alpha value is -2.82. The van der Waals surface area contributed by atoms with Crippen LogP contribution in [0, 0.1) is 0 Å². The summed E-state index contributed by atoms with van der Waals surface area (Å²) in [7, 11) is 3.53. The van der Waals surface area contributed by atoms with Gasteiger partial charge in [-0.15, -0.1) is 0 Å². The number of rotatable bonds is 9. The van der Waals surface area contributed by atoms with E-state index < -0.39 is 0 Å². The highest BCUT2D eigenvalue weighted by molar-refractivity contribution is 5.80. The molecule has 0 saturated heterocycles. The van der Waals surface area contributed by atoms with Crippen molar-refractivity contribution in [1.82, 2.24) is 10.2 Å². The molecule has 2 aromatic rings. The number of hydrogen-bond acceptors (Lipinski definition) is 3. The third-order valence-corrected chi connectivity index (χ3v) is 4.11. The average Bonchev–Trinajstić information content (AvgIpc) is 2.66. The van der Waals surface area contributed by atoms with Crippen LogP contribution in [0.1, 0.15) is 17.5 Å². The van der Waals surface area contributed by atoms with E-state index in [1.807, 2.05) is 42.5 Å². The van der Waals surface area contributed by atoms with Gasteiger partial charge >= 0.3 is 0 Å². The van der Waals surface area contributed by atoms with E-state index in [1.165, 1.54) is 5.56 Å². The van der Waals surface area contributed by atoms with E-state index >= 15 is 0 Å². The Labute approximate surface area is 155 Å². The van der Waals surface area contributed by atoms with E-state index in [0.29, 0.717) is 13.0 Å². The second-order valence-electron chi connectivity index (χ2n) is 6.42. The monoisotopic (exact) mass is 353 g/mol. The Morgan fingerprint density at radius 3 is 2.19 bits per heavy atom. The molecule has 0 aliphatic rings. The largest absolute Gasteiger partial charge is 0.376 e. The van der Waals surface area contributed by atoms with Gasteiger partial charge in [-0.3, -0.25) is 9.59 Å². The molecule has 0 saturated carbocycles. The normalized spacial score (nSPS) is 10.2. The zero-order valence-corrected chi connectivity index (χ0v) is 15.5. The highest BCUT2D eigenvalue weighted by Crippen LogP contribution is 2.11. The molecule has 2 rings (SSSR count). The first kappa shape index (κ1) is 19.5. The van der Waals surface area contributed by atoms with Crippen molar-refractivity contribution in [2.24, 2.45) is 0 Å². The van der Waals surface area contributed by atoms with Crippen LogP contribution in [-0.2, 0) is 22.4 Å². The van der Waals surface area contributed by atoms with Gasteiger partial charge in [-0.25, -0.2) is 0 Å². The summed E-state index contributed by atoms with van der Waals surface area (Å²) in [4.78, 5) is 25.1. The molecule has 0 unspecified atom stereocenters. The molecule has 2 amide bonds. The van der Waals surface area contributed by atoms with Crippen molar-refractivity contribution in [1.29, 1.82) is 0 Å². The molecule has 0 spiro atoms. The Bertz CT molecular complexity index is 697. The van der Waals surface area contributed by atoms with E-state index in [0.717, 1.165) is 24.1 Å². The topological polar surface area (TPSA) is 61.4 Å². The molecule has 0 heterocycles. The maximum Gasteiger partial charge on any atom is 0.239 e. The van der Waals surface area contributed by atoms with Gasteiger partial charge < -0.3 is 15.5 Å². The summed E-state index contributed by atoms with van der Waals surface area (Å²) in [6.45, 7) is 0.872. The van der Waals surface area contributed by atoms with E-state index in [9.17, 15) is 9.59 Å². The van der Waals surface area contributed by atoms with Gasteiger partial charge in [0.25, 0.3) is 0 Å². The van der Waals surface area contributed by atoms with Crippen LogP contribution < -0.4 is 10.6 Å². The van der Waals surface area contributed by atoms with E-state index in [2.05, 4.69) is 22.8 Å². The number of hydrogen-bond donors (Lipinski definition) is 2. The molecule has 0 aliphatic heterocycles. The zero-order chi connectivity index (χ0) is 18.8. The first-order valence-corrected chi connectivity index (χ1v) is 8.88. The fraction of sp³-hybridized carbons (Fsp3) is 0.333. The third-order valence-electron chi connectivity index (χ3n) is 4.11. The Morgan fingerprint density at radius 2 is 1.54 bits per heavy atom. The van der Waals surface area contributed by atoms with Crippen molar-refractivity contribution in [3.8, 4) is 0 Å². The highest BCUT2D eigenvalue weighted by atomic mass is 16.2. The number of amides is 2. The molecule has 5 heteroatoms.